The second-order valence-corrected chi connectivity index (χ2v) is 4.75. The van der Waals surface area contributed by atoms with Gasteiger partial charge in [0.1, 0.15) is 5.75 Å². The summed E-state index contributed by atoms with van der Waals surface area (Å²) in [5, 5.41) is 0. The monoisotopic (exact) mass is 278 g/mol. The van der Waals surface area contributed by atoms with Crippen LogP contribution in [0.15, 0.2) is 55.1 Å². The average molecular weight is 278 g/mol. The summed E-state index contributed by atoms with van der Waals surface area (Å²) in [4.78, 5) is 12.1. The zero-order valence-electron chi connectivity index (χ0n) is 12.3. The summed E-state index contributed by atoms with van der Waals surface area (Å²) in [6, 6.07) is 13.2. The Bertz CT molecular complexity index is 679. The number of carbonyl (C=O) groups excluding carboxylic acids is 1. The van der Waals surface area contributed by atoms with Crippen molar-refractivity contribution in [3.05, 3.63) is 77.4 Å². The molecule has 2 aromatic rings. The molecule has 2 nitrogen and oxygen atoms in total. The van der Waals surface area contributed by atoms with E-state index in [0.717, 1.165) is 22.4 Å². The minimum Gasteiger partial charge on any atom is -0.496 e. The number of hydrogen-bond acceptors (Lipinski definition) is 2. The number of allylic oxidation sites excluding steroid dienone is 1. The zero-order valence-corrected chi connectivity index (χ0v) is 12.3. The number of ether oxygens (including phenoxy) is 1. The van der Waals surface area contributed by atoms with Crippen LogP contribution in [0.25, 0.3) is 12.2 Å². The first-order valence-electron chi connectivity index (χ1n) is 6.73. The van der Waals surface area contributed by atoms with E-state index in [4.69, 9.17) is 4.74 Å². The molecule has 0 aromatic heterocycles. The first-order valence-corrected chi connectivity index (χ1v) is 6.73. The Morgan fingerprint density at radius 1 is 1.10 bits per heavy atom. The summed E-state index contributed by atoms with van der Waals surface area (Å²) in [6.45, 7) is 5.67. The minimum atomic E-state index is -0.0147. The molecule has 0 unspecified atom stereocenters. The maximum absolute atomic E-state index is 12.1. The first-order chi connectivity index (χ1) is 10.1. The van der Waals surface area contributed by atoms with Crippen LogP contribution in [0.4, 0.5) is 0 Å². The van der Waals surface area contributed by atoms with Crippen LogP contribution in [0, 0.1) is 6.92 Å². The molecule has 0 atom stereocenters. The van der Waals surface area contributed by atoms with Crippen molar-refractivity contribution in [3.8, 4) is 5.75 Å². The number of hydrogen-bond donors (Lipinski definition) is 0. The predicted octanol–water partition coefficient (Wildman–Crippen LogP) is 4.54. The minimum absolute atomic E-state index is 0.0147. The van der Waals surface area contributed by atoms with Crippen molar-refractivity contribution in [1.82, 2.24) is 0 Å². The third-order valence-electron chi connectivity index (χ3n) is 3.28. The van der Waals surface area contributed by atoms with E-state index in [1.54, 1.807) is 19.3 Å². The van der Waals surface area contributed by atoms with E-state index in [9.17, 15) is 4.79 Å². The third-order valence-corrected chi connectivity index (χ3v) is 3.28. The van der Waals surface area contributed by atoms with E-state index in [1.807, 2.05) is 55.5 Å². The lowest BCUT2D eigenvalue weighted by molar-refractivity contribution is 0.104. The van der Waals surface area contributed by atoms with Crippen molar-refractivity contribution in [2.75, 3.05) is 7.11 Å². The predicted molar refractivity (Wildman–Crippen MR) is 87.6 cm³/mol. The molecule has 21 heavy (non-hydrogen) atoms. The van der Waals surface area contributed by atoms with Gasteiger partial charge in [-0.15, -0.1) is 0 Å². The Labute approximate surface area is 125 Å². The SMILES string of the molecule is C=Cc1ccc(C(=O)C=Cc2ccc(OC)c(C)c2)cc1. The molecule has 0 radical (unpaired) electrons. The van der Waals surface area contributed by atoms with Crippen LogP contribution in [0.5, 0.6) is 5.75 Å². The maximum atomic E-state index is 12.1. The van der Waals surface area contributed by atoms with E-state index in [2.05, 4.69) is 6.58 Å². The van der Waals surface area contributed by atoms with Crippen molar-refractivity contribution < 1.29 is 9.53 Å². The Hall–Kier alpha value is -2.61. The van der Waals surface area contributed by atoms with Gasteiger partial charge in [0.2, 0.25) is 0 Å². The lowest BCUT2D eigenvalue weighted by Crippen LogP contribution is -1.93. The molecule has 106 valence electrons. The number of benzene rings is 2. The van der Waals surface area contributed by atoms with Crippen LogP contribution in [-0.2, 0) is 0 Å². The molecule has 0 bridgehead atoms. The smallest absolute Gasteiger partial charge is 0.185 e. The lowest BCUT2D eigenvalue weighted by atomic mass is 10.1. The summed E-state index contributed by atoms with van der Waals surface area (Å²) in [6.07, 6.45) is 5.16. The summed E-state index contributed by atoms with van der Waals surface area (Å²) in [5.74, 6) is 0.831. The fourth-order valence-electron chi connectivity index (χ4n) is 2.06. The van der Waals surface area contributed by atoms with Gasteiger partial charge in [-0.05, 0) is 41.8 Å². The van der Waals surface area contributed by atoms with Crippen molar-refractivity contribution in [1.29, 1.82) is 0 Å². The number of aryl methyl sites for hydroxylation is 1. The van der Waals surface area contributed by atoms with Gasteiger partial charge in [-0.1, -0.05) is 49.1 Å². The normalized spacial score (nSPS) is 10.6. The summed E-state index contributed by atoms with van der Waals surface area (Å²) in [5.41, 5.74) is 3.69. The van der Waals surface area contributed by atoms with Gasteiger partial charge < -0.3 is 4.74 Å². The van der Waals surface area contributed by atoms with Gasteiger partial charge in [0.15, 0.2) is 5.78 Å². The van der Waals surface area contributed by atoms with E-state index in [-0.39, 0.29) is 5.78 Å². The summed E-state index contributed by atoms with van der Waals surface area (Å²) in [7, 11) is 1.65. The molecule has 0 aliphatic heterocycles. The van der Waals surface area contributed by atoms with Crippen LogP contribution in [0.2, 0.25) is 0 Å². The molecule has 2 rings (SSSR count). The lowest BCUT2D eigenvalue weighted by Gasteiger charge is -2.04. The number of methoxy groups -OCH3 is 1. The maximum Gasteiger partial charge on any atom is 0.185 e. The molecule has 2 aromatic carbocycles. The summed E-state index contributed by atoms with van der Waals surface area (Å²) >= 11 is 0. The molecule has 2 heteroatoms. The Kier molecular flexibility index (Phi) is 4.72. The van der Waals surface area contributed by atoms with Crippen LogP contribution in [0.1, 0.15) is 27.0 Å². The molecule has 0 saturated heterocycles. The Balaban J connectivity index is 2.14. The van der Waals surface area contributed by atoms with Gasteiger partial charge in [0.05, 0.1) is 7.11 Å². The fourth-order valence-corrected chi connectivity index (χ4v) is 2.06. The van der Waals surface area contributed by atoms with Crippen molar-refractivity contribution >= 4 is 17.9 Å². The number of ketones is 1. The molecule has 0 heterocycles. The van der Waals surface area contributed by atoms with Crippen molar-refractivity contribution in [2.24, 2.45) is 0 Å². The van der Waals surface area contributed by atoms with Gasteiger partial charge in [-0.25, -0.2) is 0 Å². The first kappa shape index (κ1) is 14.8. The second kappa shape index (κ2) is 6.71. The van der Waals surface area contributed by atoms with E-state index >= 15 is 0 Å². The topological polar surface area (TPSA) is 26.3 Å². The van der Waals surface area contributed by atoms with Crippen LogP contribution < -0.4 is 4.74 Å². The Morgan fingerprint density at radius 2 is 1.76 bits per heavy atom. The molecule has 0 amide bonds. The fraction of sp³-hybridized carbons (Fsp3) is 0.105. The molecule has 0 aliphatic carbocycles. The van der Waals surface area contributed by atoms with Gasteiger partial charge in [-0.2, -0.15) is 0 Å². The highest BCUT2D eigenvalue weighted by Gasteiger charge is 2.02. The molecule has 0 spiro atoms. The van der Waals surface area contributed by atoms with E-state index in [0.29, 0.717) is 5.56 Å². The molecule has 0 saturated carbocycles. The van der Waals surface area contributed by atoms with Gasteiger partial charge >= 0.3 is 0 Å². The van der Waals surface area contributed by atoms with Gasteiger partial charge in [0, 0.05) is 5.56 Å². The third kappa shape index (κ3) is 3.69. The van der Waals surface area contributed by atoms with E-state index < -0.39 is 0 Å². The van der Waals surface area contributed by atoms with Crippen LogP contribution >= 0.6 is 0 Å². The van der Waals surface area contributed by atoms with Crippen molar-refractivity contribution in [2.45, 2.75) is 6.92 Å². The average Bonchev–Trinajstić information content (AvgIpc) is 2.52. The van der Waals surface area contributed by atoms with Gasteiger partial charge in [0.25, 0.3) is 0 Å². The molecular weight excluding hydrogens is 260 g/mol. The highest BCUT2D eigenvalue weighted by Crippen LogP contribution is 2.19. The van der Waals surface area contributed by atoms with E-state index in [1.165, 1.54) is 0 Å². The quantitative estimate of drug-likeness (QED) is 0.592. The van der Waals surface area contributed by atoms with Crippen LogP contribution in [0.3, 0.4) is 0 Å². The molecular formula is C19H18O2. The molecule has 0 fully saturated rings. The molecule has 0 aliphatic rings. The number of carbonyl (C=O) groups is 1. The van der Waals surface area contributed by atoms with Crippen molar-refractivity contribution in [3.63, 3.8) is 0 Å². The second-order valence-electron chi connectivity index (χ2n) is 4.75. The standard InChI is InChI=1S/C19H18O2/c1-4-15-5-9-17(10-6-15)18(20)11-7-16-8-12-19(21-3)14(2)13-16/h4-13H,1H2,2-3H3. The zero-order chi connectivity index (χ0) is 15.2. The largest absolute Gasteiger partial charge is 0.496 e. The summed E-state index contributed by atoms with van der Waals surface area (Å²) < 4.78 is 5.22. The molecule has 0 N–H and O–H groups in total. The number of rotatable bonds is 5. The van der Waals surface area contributed by atoms with Crippen LogP contribution in [-0.4, -0.2) is 12.9 Å². The van der Waals surface area contributed by atoms with Gasteiger partial charge in [-0.3, -0.25) is 4.79 Å². The highest BCUT2D eigenvalue weighted by molar-refractivity contribution is 6.06. The highest BCUT2D eigenvalue weighted by atomic mass is 16.5. The Morgan fingerprint density at radius 3 is 2.33 bits per heavy atom.